The molecule has 0 spiro atoms. The second kappa shape index (κ2) is 6.95. The second-order valence-electron chi connectivity index (χ2n) is 4.95. The SMILES string of the molecule is NC(=NO)C(CNCC1CCC(O)CC1)C(F)(F)F. The Balaban J connectivity index is 2.37. The molecule has 1 rings (SSSR count). The van der Waals surface area contributed by atoms with Crippen molar-refractivity contribution in [1.82, 2.24) is 5.32 Å². The Morgan fingerprint density at radius 3 is 2.37 bits per heavy atom. The number of nitrogens with one attached hydrogen (secondary N) is 1. The van der Waals surface area contributed by atoms with Gasteiger partial charge in [-0.3, -0.25) is 0 Å². The van der Waals surface area contributed by atoms with E-state index >= 15 is 0 Å². The Bertz CT molecular complexity index is 302. The topological polar surface area (TPSA) is 90.9 Å². The normalized spacial score (nSPS) is 27.3. The number of oxime groups is 1. The number of rotatable bonds is 5. The zero-order valence-corrected chi connectivity index (χ0v) is 10.5. The number of nitrogens with two attached hydrogens (primary N) is 1. The molecule has 0 heterocycles. The molecule has 1 fully saturated rings. The third kappa shape index (κ3) is 5.23. The standard InChI is InChI=1S/C11H20F3N3O2/c12-11(13,14)9(10(15)17-19)6-16-5-7-1-3-8(18)4-2-7/h7-9,16,18-19H,1-6H2,(H2,15,17). The van der Waals surface area contributed by atoms with Gasteiger partial charge in [-0.1, -0.05) is 5.16 Å². The molecule has 0 bridgehead atoms. The molecule has 1 unspecified atom stereocenters. The Kier molecular flexibility index (Phi) is 5.86. The van der Waals surface area contributed by atoms with Crippen LogP contribution >= 0.6 is 0 Å². The van der Waals surface area contributed by atoms with Gasteiger partial charge in [0.05, 0.1) is 6.10 Å². The van der Waals surface area contributed by atoms with Gasteiger partial charge in [0.1, 0.15) is 5.92 Å². The summed E-state index contributed by atoms with van der Waals surface area (Å²) in [7, 11) is 0. The van der Waals surface area contributed by atoms with Crippen LogP contribution in [0.5, 0.6) is 0 Å². The molecular weight excluding hydrogens is 263 g/mol. The molecule has 0 radical (unpaired) electrons. The molecule has 0 amide bonds. The summed E-state index contributed by atoms with van der Waals surface area (Å²) in [5.74, 6) is -2.55. The van der Waals surface area contributed by atoms with Crippen LogP contribution in [0.15, 0.2) is 5.16 Å². The number of aliphatic hydroxyl groups is 1. The molecular formula is C11H20F3N3O2. The average molecular weight is 283 g/mol. The maximum absolute atomic E-state index is 12.6. The average Bonchev–Trinajstić information content (AvgIpc) is 2.34. The first-order valence-corrected chi connectivity index (χ1v) is 6.27. The quantitative estimate of drug-likeness (QED) is 0.263. The predicted molar refractivity (Wildman–Crippen MR) is 63.8 cm³/mol. The molecule has 1 aliphatic carbocycles. The van der Waals surface area contributed by atoms with Gasteiger partial charge in [-0.15, -0.1) is 0 Å². The molecule has 1 saturated carbocycles. The Morgan fingerprint density at radius 1 is 1.32 bits per heavy atom. The maximum atomic E-state index is 12.6. The van der Waals surface area contributed by atoms with Crippen LogP contribution in [-0.4, -0.2) is 41.5 Å². The molecule has 112 valence electrons. The number of hydrogen-bond acceptors (Lipinski definition) is 4. The van der Waals surface area contributed by atoms with Crippen molar-refractivity contribution in [3.63, 3.8) is 0 Å². The first-order chi connectivity index (χ1) is 8.84. The van der Waals surface area contributed by atoms with E-state index < -0.39 is 24.5 Å². The number of aliphatic hydroxyl groups excluding tert-OH is 1. The summed E-state index contributed by atoms with van der Waals surface area (Å²) in [6.07, 6.45) is -1.84. The highest BCUT2D eigenvalue weighted by atomic mass is 19.4. The Morgan fingerprint density at radius 2 is 1.89 bits per heavy atom. The van der Waals surface area contributed by atoms with Crippen LogP contribution in [0.4, 0.5) is 13.2 Å². The first-order valence-electron chi connectivity index (χ1n) is 6.27. The Hall–Kier alpha value is -1.02. The van der Waals surface area contributed by atoms with Crippen molar-refractivity contribution in [3.8, 4) is 0 Å². The number of hydrogen-bond donors (Lipinski definition) is 4. The zero-order valence-electron chi connectivity index (χ0n) is 10.5. The first kappa shape index (κ1) is 16.0. The molecule has 5 nitrogen and oxygen atoms in total. The van der Waals surface area contributed by atoms with E-state index in [0.717, 1.165) is 12.8 Å². The van der Waals surface area contributed by atoms with Gasteiger partial charge in [-0.05, 0) is 38.1 Å². The van der Waals surface area contributed by atoms with Crippen LogP contribution in [0, 0.1) is 11.8 Å². The highest BCUT2D eigenvalue weighted by Gasteiger charge is 2.42. The van der Waals surface area contributed by atoms with Crippen molar-refractivity contribution in [2.24, 2.45) is 22.7 Å². The molecule has 0 aromatic heterocycles. The monoisotopic (exact) mass is 283 g/mol. The van der Waals surface area contributed by atoms with Crippen molar-refractivity contribution in [1.29, 1.82) is 0 Å². The number of alkyl halides is 3. The number of amidine groups is 1. The second-order valence-corrected chi connectivity index (χ2v) is 4.95. The largest absolute Gasteiger partial charge is 0.409 e. The fourth-order valence-electron chi connectivity index (χ4n) is 2.24. The highest BCUT2D eigenvalue weighted by Crippen LogP contribution is 2.27. The minimum Gasteiger partial charge on any atom is -0.409 e. The molecule has 1 atom stereocenters. The van der Waals surface area contributed by atoms with E-state index in [9.17, 15) is 18.3 Å². The fraction of sp³-hybridized carbons (Fsp3) is 0.909. The number of halogens is 3. The van der Waals surface area contributed by atoms with Gasteiger partial charge in [0.15, 0.2) is 5.84 Å². The summed E-state index contributed by atoms with van der Waals surface area (Å²) in [6, 6.07) is 0. The van der Waals surface area contributed by atoms with Crippen molar-refractivity contribution in [3.05, 3.63) is 0 Å². The van der Waals surface area contributed by atoms with Crippen molar-refractivity contribution in [2.45, 2.75) is 38.0 Å². The van der Waals surface area contributed by atoms with Crippen molar-refractivity contribution in [2.75, 3.05) is 13.1 Å². The minimum atomic E-state index is -4.54. The third-order valence-electron chi connectivity index (χ3n) is 3.47. The van der Waals surface area contributed by atoms with Crippen LogP contribution in [0.1, 0.15) is 25.7 Å². The summed E-state index contributed by atoms with van der Waals surface area (Å²) in [5, 5.41) is 22.8. The van der Waals surface area contributed by atoms with Crippen LogP contribution in [-0.2, 0) is 0 Å². The van der Waals surface area contributed by atoms with E-state index in [0.29, 0.717) is 19.4 Å². The van der Waals surface area contributed by atoms with Gasteiger partial charge in [-0.25, -0.2) is 0 Å². The minimum absolute atomic E-state index is 0.268. The van der Waals surface area contributed by atoms with E-state index in [-0.39, 0.29) is 12.0 Å². The number of nitrogens with zero attached hydrogens (tertiary/aromatic N) is 1. The summed E-state index contributed by atoms with van der Waals surface area (Å²) >= 11 is 0. The van der Waals surface area contributed by atoms with Gasteiger partial charge < -0.3 is 21.4 Å². The Labute approximate surface area is 109 Å². The summed E-state index contributed by atoms with van der Waals surface area (Å²) in [6.45, 7) is 0.0382. The fourth-order valence-corrected chi connectivity index (χ4v) is 2.24. The smallest absolute Gasteiger partial charge is 0.400 e. The molecule has 8 heteroatoms. The van der Waals surface area contributed by atoms with Gasteiger partial charge in [0.2, 0.25) is 0 Å². The van der Waals surface area contributed by atoms with Crippen LogP contribution in [0.25, 0.3) is 0 Å². The molecule has 19 heavy (non-hydrogen) atoms. The van der Waals surface area contributed by atoms with Crippen LogP contribution in [0.3, 0.4) is 0 Å². The lowest BCUT2D eigenvalue weighted by Crippen LogP contribution is -2.44. The van der Waals surface area contributed by atoms with E-state index in [1.807, 2.05) is 0 Å². The van der Waals surface area contributed by atoms with E-state index in [1.54, 1.807) is 0 Å². The summed E-state index contributed by atoms with van der Waals surface area (Å²) in [4.78, 5) is 0. The van der Waals surface area contributed by atoms with Crippen LogP contribution < -0.4 is 11.1 Å². The van der Waals surface area contributed by atoms with Gasteiger partial charge in [-0.2, -0.15) is 13.2 Å². The lowest BCUT2D eigenvalue weighted by molar-refractivity contribution is -0.155. The molecule has 0 saturated heterocycles. The van der Waals surface area contributed by atoms with E-state index in [1.165, 1.54) is 0 Å². The van der Waals surface area contributed by atoms with Crippen LogP contribution in [0.2, 0.25) is 0 Å². The van der Waals surface area contributed by atoms with Crippen molar-refractivity contribution >= 4 is 5.84 Å². The van der Waals surface area contributed by atoms with E-state index in [4.69, 9.17) is 10.9 Å². The molecule has 1 aliphatic rings. The van der Waals surface area contributed by atoms with Gasteiger partial charge in [0.25, 0.3) is 0 Å². The van der Waals surface area contributed by atoms with E-state index in [2.05, 4.69) is 10.5 Å². The molecule has 5 N–H and O–H groups in total. The zero-order chi connectivity index (χ0) is 14.5. The summed E-state index contributed by atoms with van der Waals surface area (Å²) < 4.78 is 37.9. The van der Waals surface area contributed by atoms with Crippen molar-refractivity contribution < 1.29 is 23.5 Å². The van der Waals surface area contributed by atoms with Gasteiger partial charge in [0, 0.05) is 6.54 Å². The lowest BCUT2D eigenvalue weighted by atomic mass is 9.87. The molecule has 0 aliphatic heterocycles. The maximum Gasteiger partial charge on any atom is 0.400 e. The predicted octanol–water partition coefficient (Wildman–Crippen LogP) is 1.05. The lowest BCUT2D eigenvalue weighted by Gasteiger charge is -2.26. The molecule has 0 aromatic rings. The third-order valence-corrected chi connectivity index (χ3v) is 3.47. The molecule has 0 aromatic carbocycles. The highest BCUT2D eigenvalue weighted by molar-refractivity contribution is 5.83. The van der Waals surface area contributed by atoms with Gasteiger partial charge >= 0.3 is 6.18 Å². The summed E-state index contributed by atoms with van der Waals surface area (Å²) in [5.41, 5.74) is 5.05.